The van der Waals surface area contributed by atoms with Gasteiger partial charge in [0.05, 0.1) is 0 Å². The minimum Gasteiger partial charge on any atom is -0.434 e. The summed E-state index contributed by atoms with van der Waals surface area (Å²) in [6.45, 7) is -1.39. The number of hydrogen-bond acceptors (Lipinski definition) is 2. The standard InChI is InChI=1S/C14H14BrF2NO2/c15-11-4-5-12(20-14(16)17)10(9-11)3-6-13(19)18-7-1-2-8-18/h3-6,9,14H,1-2,7-8H2/b6-3+. The van der Waals surface area contributed by atoms with Crippen LogP contribution in [-0.2, 0) is 4.79 Å². The lowest BCUT2D eigenvalue weighted by atomic mass is 10.2. The zero-order valence-electron chi connectivity index (χ0n) is 10.7. The smallest absolute Gasteiger partial charge is 0.387 e. The van der Waals surface area contributed by atoms with E-state index in [0.29, 0.717) is 5.56 Å². The molecular weight excluding hydrogens is 332 g/mol. The molecule has 0 aliphatic carbocycles. The van der Waals surface area contributed by atoms with E-state index in [1.54, 1.807) is 17.0 Å². The Hall–Kier alpha value is -1.43. The van der Waals surface area contributed by atoms with Crippen molar-refractivity contribution in [3.8, 4) is 5.75 Å². The predicted molar refractivity (Wildman–Crippen MR) is 75.6 cm³/mol. The van der Waals surface area contributed by atoms with Crippen molar-refractivity contribution < 1.29 is 18.3 Å². The second-order valence-electron chi connectivity index (χ2n) is 4.43. The van der Waals surface area contributed by atoms with Gasteiger partial charge >= 0.3 is 6.61 Å². The van der Waals surface area contributed by atoms with Crippen LogP contribution in [0.25, 0.3) is 6.08 Å². The summed E-state index contributed by atoms with van der Waals surface area (Å²) >= 11 is 3.26. The zero-order chi connectivity index (χ0) is 14.5. The van der Waals surface area contributed by atoms with E-state index in [1.165, 1.54) is 18.2 Å². The number of ether oxygens (including phenoxy) is 1. The lowest BCUT2D eigenvalue weighted by molar-refractivity contribution is -0.124. The highest BCUT2D eigenvalue weighted by atomic mass is 79.9. The van der Waals surface area contributed by atoms with E-state index < -0.39 is 6.61 Å². The highest BCUT2D eigenvalue weighted by Crippen LogP contribution is 2.26. The Bertz CT molecular complexity index is 514. The molecule has 108 valence electrons. The fraction of sp³-hybridized carbons (Fsp3) is 0.357. The number of likely N-dealkylation sites (tertiary alicyclic amines) is 1. The molecule has 3 nitrogen and oxygen atoms in total. The Morgan fingerprint density at radius 3 is 2.70 bits per heavy atom. The molecule has 6 heteroatoms. The van der Waals surface area contributed by atoms with E-state index >= 15 is 0 Å². The molecule has 1 heterocycles. The molecule has 1 aromatic rings. The molecule has 0 aromatic heterocycles. The number of nitrogens with zero attached hydrogens (tertiary/aromatic N) is 1. The van der Waals surface area contributed by atoms with Gasteiger partial charge in [0.2, 0.25) is 5.91 Å². The van der Waals surface area contributed by atoms with Crippen molar-refractivity contribution >= 4 is 27.9 Å². The molecule has 1 fully saturated rings. The lowest BCUT2D eigenvalue weighted by Crippen LogP contribution is -2.25. The van der Waals surface area contributed by atoms with Crippen molar-refractivity contribution in [3.05, 3.63) is 34.3 Å². The van der Waals surface area contributed by atoms with E-state index in [-0.39, 0.29) is 11.7 Å². The van der Waals surface area contributed by atoms with Crippen molar-refractivity contribution in [2.24, 2.45) is 0 Å². The number of carbonyl (C=O) groups excluding carboxylic acids is 1. The van der Waals surface area contributed by atoms with Gasteiger partial charge in [-0.1, -0.05) is 15.9 Å². The average Bonchev–Trinajstić information content (AvgIpc) is 2.92. The van der Waals surface area contributed by atoms with E-state index in [1.807, 2.05) is 0 Å². The van der Waals surface area contributed by atoms with Gasteiger partial charge in [0.25, 0.3) is 0 Å². The van der Waals surface area contributed by atoms with E-state index in [2.05, 4.69) is 20.7 Å². The first-order valence-corrected chi connectivity index (χ1v) is 7.07. The minimum atomic E-state index is -2.89. The van der Waals surface area contributed by atoms with E-state index in [0.717, 1.165) is 30.4 Å². The van der Waals surface area contributed by atoms with Gasteiger partial charge in [-0.05, 0) is 37.1 Å². The maximum atomic E-state index is 12.3. The zero-order valence-corrected chi connectivity index (χ0v) is 12.3. The molecule has 0 N–H and O–H groups in total. The second-order valence-corrected chi connectivity index (χ2v) is 5.34. The molecule has 0 bridgehead atoms. The van der Waals surface area contributed by atoms with Gasteiger partial charge in [-0.15, -0.1) is 0 Å². The predicted octanol–water partition coefficient (Wildman–Crippen LogP) is 3.69. The first-order chi connectivity index (χ1) is 9.56. The van der Waals surface area contributed by atoms with Gasteiger partial charge < -0.3 is 9.64 Å². The highest BCUT2D eigenvalue weighted by molar-refractivity contribution is 9.10. The molecule has 1 aromatic carbocycles. The third-order valence-electron chi connectivity index (χ3n) is 3.01. The number of amides is 1. The van der Waals surface area contributed by atoms with Crippen LogP contribution in [-0.4, -0.2) is 30.5 Å². The van der Waals surface area contributed by atoms with Gasteiger partial charge in [-0.3, -0.25) is 4.79 Å². The Morgan fingerprint density at radius 1 is 1.35 bits per heavy atom. The average molecular weight is 346 g/mol. The summed E-state index contributed by atoms with van der Waals surface area (Å²) in [6, 6.07) is 4.68. The molecule has 1 saturated heterocycles. The molecule has 0 radical (unpaired) electrons. The summed E-state index contributed by atoms with van der Waals surface area (Å²) in [5, 5.41) is 0. The van der Waals surface area contributed by atoms with Crippen LogP contribution in [0.1, 0.15) is 18.4 Å². The SMILES string of the molecule is O=C(/C=C/c1cc(Br)ccc1OC(F)F)N1CCCC1. The van der Waals surface area contributed by atoms with Crippen molar-refractivity contribution in [2.45, 2.75) is 19.5 Å². The molecule has 0 atom stereocenters. The van der Waals surface area contributed by atoms with Crippen LogP contribution in [0, 0.1) is 0 Å². The second kappa shape index (κ2) is 6.83. The Balaban J connectivity index is 2.14. The minimum absolute atomic E-state index is 0.0497. The summed E-state index contributed by atoms with van der Waals surface area (Å²) in [7, 11) is 0. The third-order valence-corrected chi connectivity index (χ3v) is 3.50. The maximum Gasteiger partial charge on any atom is 0.387 e. The Kier molecular flexibility index (Phi) is 5.11. The normalized spacial score (nSPS) is 15.3. The quantitative estimate of drug-likeness (QED) is 0.779. The van der Waals surface area contributed by atoms with Crippen LogP contribution < -0.4 is 4.74 Å². The van der Waals surface area contributed by atoms with E-state index in [9.17, 15) is 13.6 Å². The highest BCUT2D eigenvalue weighted by Gasteiger charge is 2.15. The van der Waals surface area contributed by atoms with Crippen LogP contribution in [0.3, 0.4) is 0 Å². The molecule has 1 amide bonds. The summed E-state index contributed by atoms with van der Waals surface area (Å²) < 4.78 is 29.8. The fourth-order valence-corrected chi connectivity index (χ4v) is 2.44. The molecule has 1 aliphatic heterocycles. The number of rotatable bonds is 4. The Morgan fingerprint density at radius 2 is 2.05 bits per heavy atom. The molecular formula is C14H14BrF2NO2. The summed E-state index contributed by atoms with van der Waals surface area (Å²) in [6.07, 6.45) is 4.92. The number of halogens is 3. The van der Waals surface area contributed by atoms with Crippen molar-refractivity contribution in [2.75, 3.05) is 13.1 Å². The first kappa shape index (κ1) is 15.0. The summed E-state index contributed by atoms with van der Waals surface area (Å²) in [5.74, 6) is -0.0563. The topological polar surface area (TPSA) is 29.5 Å². The number of alkyl halides is 2. The van der Waals surface area contributed by atoms with Gasteiger partial charge in [0.15, 0.2) is 0 Å². The van der Waals surface area contributed by atoms with Gasteiger partial charge in [-0.25, -0.2) is 0 Å². The van der Waals surface area contributed by atoms with Gasteiger partial charge in [0, 0.05) is 29.2 Å². The molecule has 20 heavy (non-hydrogen) atoms. The van der Waals surface area contributed by atoms with Crippen LogP contribution in [0.15, 0.2) is 28.7 Å². The van der Waals surface area contributed by atoms with Crippen LogP contribution in [0.4, 0.5) is 8.78 Å². The van der Waals surface area contributed by atoms with Crippen molar-refractivity contribution in [3.63, 3.8) is 0 Å². The van der Waals surface area contributed by atoms with Crippen molar-refractivity contribution in [1.29, 1.82) is 0 Å². The van der Waals surface area contributed by atoms with Crippen LogP contribution >= 0.6 is 15.9 Å². The lowest BCUT2D eigenvalue weighted by Gasteiger charge is -2.12. The van der Waals surface area contributed by atoms with Gasteiger partial charge in [0.1, 0.15) is 5.75 Å². The van der Waals surface area contributed by atoms with Crippen LogP contribution in [0.5, 0.6) is 5.75 Å². The Labute approximate surface area is 124 Å². The molecule has 0 unspecified atom stereocenters. The van der Waals surface area contributed by atoms with Crippen LogP contribution in [0.2, 0.25) is 0 Å². The number of hydrogen-bond donors (Lipinski definition) is 0. The van der Waals surface area contributed by atoms with Crippen molar-refractivity contribution in [1.82, 2.24) is 4.90 Å². The largest absolute Gasteiger partial charge is 0.434 e. The monoisotopic (exact) mass is 345 g/mol. The van der Waals surface area contributed by atoms with Gasteiger partial charge in [-0.2, -0.15) is 8.78 Å². The summed E-state index contributed by atoms with van der Waals surface area (Å²) in [4.78, 5) is 13.6. The van der Waals surface area contributed by atoms with E-state index in [4.69, 9.17) is 0 Å². The molecule has 1 aliphatic rings. The molecule has 0 spiro atoms. The first-order valence-electron chi connectivity index (χ1n) is 6.27. The number of benzene rings is 1. The fourth-order valence-electron chi connectivity index (χ4n) is 2.06. The summed E-state index contributed by atoms with van der Waals surface area (Å²) in [5.41, 5.74) is 0.437. The maximum absolute atomic E-state index is 12.3. The number of carbonyl (C=O) groups is 1. The third kappa shape index (κ3) is 4.03. The molecule has 2 rings (SSSR count). The molecule has 0 saturated carbocycles.